The Morgan fingerprint density at radius 1 is 1.09 bits per heavy atom. The average Bonchev–Trinajstić information content (AvgIpc) is 2.70. The van der Waals surface area contributed by atoms with Gasteiger partial charge in [0.25, 0.3) is 5.91 Å². The lowest BCUT2D eigenvalue weighted by atomic mass is 10.0. The molecule has 0 spiro atoms. The summed E-state index contributed by atoms with van der Waals surface area (Å²) in [4.78, 5) is 16.7. The van der Waals surface area contributed by atoms with Gasteiger partial charge < -0.3 is 15.5 Å². The van der Waals surface area contributed by atoms with Crippen LogP contribution in [0.3, 0.4) is 0 Å². The molecule has 5 heteroatoms. The summed E-state index contributed by atoms with van der Waals surface area (Å²) in [5, 5.41) is 23.7. The molecule has 0 unspecified atom stereocenters. The third-order valence-corrected chi connectivity index (χ3v) is 4.22. The number of amides is 1. The molecular weight excluding hydrogens is 280 g/mol. The summed E-state index contributed by atoms with van der Waals surface area (Å²) in [7, 11) is 0. The van der Waals surface area contributed by atoms with E-state index >= 15 is 0 Å². The van der Waals surface area contributed by atoms with Gasteiger partial charge in [-0.2, -0.15) is 0 Å². The molecular formula is C17H20N2O3. The van der Waals surface area contributed by atoms with Crippen molar-refractivity contribution in [2.45, 2.75) is 43.9 Å². The number of aliphatic hydroxyl groups is 2. The lowest BCUT2D eigenvalue weighted by Crippen LogP contribution is -2.47. The number of aliphatic hydroxyl groups excluding tert-OH is 2. The second-order valence-electron chi connectivity index (χ2n) is 5.81. The molecule has 1 aromatic heterocycles. The summed E-state index contributed by atoms with van der Waals surface area (Å²) < 4.78 is 0. The monoisotopic (exact) mass is 300 g/mol. The predicted octanol–water partition coefficient (Wildman–Crippen LogP) is 1.63. The Labute approximate surface area is 129 Å². The number of nitrogens with zero attached hydrogens (tertiary/aromatic N) is 1. The summed E-state index contributed by atoms with van der Waals surface area (Å²) >= 11 is 0. The third-order valence-electron chi connectivity index (χ3n) is 4.22. The molecule has 0 bridgehead atoms. The molecule has 3 rings (SSSR count). The van der Waals surface area contributed by atoms with Gasteiger partial charge in [0.1, 0.15) is 5.69 Å². The molecule has 1 aliphatic rings. The molecule has 1 saturated carbocycles. The summed E-state index contributed by atoms with van der Waals surface area (Å²) in [5.74, 6) is -0.316. The summed E-state index contributed by atoms with van der Waals surface area (Å²) in [6, 6.07) is 10.7. The topological polar surface area (TPSA) is 82.5 Å². The largest absolute Gasteiger partial charge is 0.390 e. The van der Waals surface area contributed by atoms with Crippen LogP contribution in [-0.4, -0.2) is 39.4 Å². The van der Waals surface area contributed by atoms with Gasteiger partial charge in [0.05, 0.1) is 23.8 Å². The number of pyridine rings is 1. The van der Waals surface area contributed by atoms with Crippen LogP contribution in [0.25, 0.3) is 10.9 Å². The van der Waals surface area contributed by atoms with Crippen LogP contribution in [0.1, 0.15) is 36.2 Å². The number of carbonyl (C=O) groups excluding carboxylic acids is 1. The molecule has 22 heavy (non-hydrogen) atoms. The number of rotatable bonds is 2. The van der Waals surface area contributed by atoms with Crippen molar-refractivity contribution >= 4 is 16.8 Å². The summed E-state index contributed by atoms with van der Waals surface area (Å²) in [6.07, 6.45) is 1.27. The van der Waals surface area contributed by atoms with E-state index in [-0.39, 0.29) is 5.91 Å². The van der Waals surface area contributed by atoms with Crippen LogP contribution in [0.2, 0.25) is 0 Å². The molecule has 1 amide bonds. The van der Waals surface area contributed by atoms with Gasteiger partial charge in [0.2, 0.25) is 0 Å². The van der Waals surface area contributed by atoms with Crippen molar-refractivity contribution in [3.05, 3.63) is 42.1 Å². The van der Waals surface area contributed by atoms with E-state index in [0.29, 0.717) is 18.5 Å². The molecule has 0 radical (unpaired) electrons. The van der Waals surface area contributed by atoms with E-state index in [4.69, 9.17) is 0 Å². The Morgan fingerprint density at radius 2 is 1.86 bits per heavy atom. The Hall–Kier alpha value is -1.98. The second kappa shape index (κ2) is 6.42. The fraction of sp³-hybridized carbons (Fsp3) is 0.412. The van der Waals surface area contributed by atoms with E-state index in [0.717, 1.165) is 23.7 Å². The Morgan fingerprint density at radius 3 is 2.73 bits per heavy atom. The normalized spacial score (nSPS) is 25.6. The Bertz CT molecular complexity index is 674. The van der Waals surface area contributed by atoms with E-state index < -0.39 is 18.2 Å². The number of nitrogens with one attached hydrogen (secondary N) is 1. The molecule has 2 aromatic rings. The van der Waals surface area contributed by atoms with E-state index in [1.54, 1.807) is 6.07 Å². The first-order valence-corrected chi connectivity index (χ1v) is 7.68. The third kappa shape index (κ3) is 3.10. The molecule has 0 aliphatic heterocycles. The van der Waals surface area contributed by atoms with Gasteiger partial charge in [-0.05, 0) is 25.0 Å². The summed E-state index contributed by atoms with van der Waals surface area (Å²) in [6.45, 7) is 0. The van der Waals surface area contributed by atoms with Crippen LogP contribution in [0.15, 0.2) is 36.4 Å². The zero-order chi connectivity index (χ0) is 15.5. The van der Waals surface area contributed by atoms with Crippen LogP contribution in [0, 0.1) is 0 Å². The SMILES string of the molecule is O=C(N[C@@H]1CCCC[C@@H](O)[C@@H]1O)c1ccc2ccccc2n1. The van der Waals surface area contributed by atoms with Crippen molar-refractivity contribution in [3.8, 4) is 0 Å². The smallest absolute Gasteiger partial charge is 0.270 e. The van der Waals surface area contributed by atoms with Crippen molar-refractivity contribution in [3.63, 3.8) is 0 Å². The highest BCUT2D eigenvalue weighted by Gasteiger charge is 2.30. The Balaban J connectivity index is 1.77. The standard InChI is InChI=1S/C17H20N2O3/c20-15-8-4-3-7-13(16(15)21)19-17(22)14-10-9-11-5-1-2-6-12(11)18-14/h1-2,5-6,9-10,13,15-16,20-21H,3-4,7-8H2,(H,19,22)/t13-,15-,16-/m1/s1. The fourth-order valence-corrected chi connectivity index (χ4v) is 2.92. The maximum atomic E-state index is 12.4. The van der Waals surface area contributed by atoms with Crippen LogP contribution in [0.4, 0.5) is 0 Å². The van der Waals surface area contributed by atoms with Crippen molar-refractivity contribution in [2.24, 2.45) is 0 Å². The molecule has 3 atom stereocenters. The van der Waals surface area contributed by atoms with Crippen LogP contribution >= 0.6 is 0 Å². The van der Waals surface area contributed by atoms with Gasteiger partial charge in [-0.15, -0.1) is 0 Å². The first-order chi connectivity index (χ1) is 10.6. The van der Waals surface area contributed by atoms with Gasteiger partial charge in [-0.1, -0.05) is 37.1 Å². The van der Waals surface area contributed by atoms with E-state index in [2.05, 4.69) is 10.3 Å². The Kier molecular flexibility index (Phi) is 4.36. The number of hydrogen-bond donors (Lipinski definition) is 3. The molecule has 1 aliphatic carbocycles. The zero-order valence-electron chi connectivity index (χ0n) is 12.3. The number of aromatic nitrogens is 1. The van der Waals surface area contributed by atoms with E-state index in [1.807, 2.05) is 30.3 Å². The average molecular weight is 300 g/mol. The van der Waals surface area contributed by atoms with Crippen LogP contribution < -0.4 is 5.32 Å². The molecule has 116 valence electrons. The highest BCUT2D eigenvalue weighted by molar-refractivity contribution is 5.95. The van der Waals surface area contributed by atoms with Gasteiger partial charge in [0, 0.05) is 5.39 Å². The molecule has 5 nitrogen and oxygen atoms in total. The molecule has 3 N–H and O–H groups in total. The molecule has 1 aromatic carbocycles. The highest BCUT2D eigenvalue weighted by Crippen LogP contribution is 2.19. The van der Waals surface area contributed by atoms with Crippen molar-refractivity contribution in [1.29, 1.82) is 0 Å². The summed E-state index contributed by atoms with van der Waals surface area (Å²) in [5.41, 5.74) is 1.08. The van der Waals surface area contributed by atoms with Crippen molar-refractivity contribution in [1.82, 2.24) is 10.3 Å². The van der Waals surface area contributed by atoms with Gasteiger partial charge in [-0.3, -0.25) is 4.79 Å². The van der Waals surface area contributed by atoms with Crippen LogP contribution in [-0.2, 0) is 0 Å². The quantitative estimate of drug-likeness (QED) is 0.736. The first-order valence-electron chi connectivity index (χ1n) is 7.68. The first kappa shape index (κ1) is 14.9. The minimum Gasteiger partial charge on any atom is -0.390 e. The molecule has 0 saturated heterocycles. The maximum Gasteiger partial charge on any atom is 0.270 e. The number of fused-ring (bicyclic) bond motifs is 1. The van der Waals surface area contributed by atoms with E-state index in [1.165, 1.54) is 0 Å². The fourth-order valence-electron chi connectivity index (χ4n) is 2.92. The van der Waals surface area contributed by atoms with Crippen molar-refractivity contribution < 1.29 is 15.0 Å². The molecule has 1 heterocycles. The number of carbonyl (C=O) groups is 1. The van der Waals surface area contributed by atoms with Gasteiger partial charge in [-0.25, -0.2) is 4.98 Å². The molecule has 1 fully saturated rings. The minimum atomic E-state index is -0.924. The van der Waals surface area contributed by atoms with Crippen LogP contribution in [0.5, 0.6) is 0 Å². The van der Waals surface area contributed by atoms with E-state index in [9.17, 15) is 15.0 Å². The van der Waals surface area contributed by atoms with Crippen molar-refractivity contribution in [2.75, 3.05) is 0 Å². The maximum absolute atomic E-state index is 12.4. The lowest BCUT2D eigenvalue weighted by molar-refractivity contribution is -0.00128. The van der Waals surface area contributed by atoms with Gasteiger partial charge in [0.15, 0.2) is 0 Å². The minimum absolute atomic E-state index is 0.316. The second-order valence-corrected chi connectivity index (χ2v) is 5.81. The predicted molar refractivity (Wildman–Crippen MR) is 83.5 cm³/mol. The van der Waals surface area contributed by atoms with Gasteiger partial charge >= 0.3 is 0 Å². The number of hydrogen-bond acceptors (Lipinski definition) is 4. The number of para-hydroxylation sites is 1. The lowest BCUT2D eigenvalue weighted by Gasteiger charge is -2.24. The highest BCUT2D eigenvalue weighted by atomic mass is 16.3. The zero-order valence-corrected chi connectivity index (χ0v) is 12.3. The number of benzene rings is 1.